The summed E-state index contributed by atoms with van der Waals surface area (Å²) < 4.78 is 2.34. The predicted molar refractivity (Wildman–Crippen MR) is 95.4 cm³/mol. The van der Waals surface area contributed by atoms with Crippen molar-refractivity contribution >= 4 is 16.7 Å². The van der Waals surface area contributed by atoms with E-state index in [9.17, 15) is 4.79 Å². The van der Waals surface area contributed by atoms with Crippen LogP contribution in [-0.2, 0) is 6.42 Å². The van der Waals surface area contributed by atoms with E-state index in [4.69, 9.17) is 0 Å². The van der Waals surface area contributed by atoms with Crippen LogP contribution in [0.4, 0.5) is 0 Å². The highest BCUT2D eigenvalue weighted by atomic mass is 16.1. The lowest BCUT2D eigenvalue weighted by Crippen LogP contribution is -2.04. The Kier molecular flexibility index (Phi) is 3.97. The van der Waals surface area contributed by atoms with Crippen molar-refractivity contribution in [2.24, 2.45) is 0 Å². The van der Waals surface area contributed by atoms with Gasteiger partial charge < -0.3 is 9.55 Å². The first-order chi connectivity index (χ1) is 11.7. The molecule has 0 saturated heterocycles. The topological polar surface area (TPSA) is 50.7 Å². The van der Waals surface area contributed by atoms with Crippen LogP contribution in [0.1, 0.15) is 59.9 Å². The maximum atomic E-state index is 12.8. The van der Waals surface area contributed by atoms with Crippen molar-refractivity contribution in [2.45, 2.75) is 51.5 Å². The SMILES string of the molecule is Cc1[nH]cnc1CCC(=O)c1cn(C2CCCC2)c2ccccc12. The van der Waals surface area contributed by atoms with Gasteiger partial charge in [0.05, 0.1) is 12.0 Å². The number of hydrogen-bond acceptors (Lipinski definition) is 2. The number of imidazole rings is 1. The zero-order valence-electron chi connectivity index (χ0n) is 14.1. The van der Waals surface area contributed by atoms with Gasteiger partial charge >= 0.3 is 0 Å². The number of para-hydroxylation sites is 1. The van der Waals surface area contributed by atoms with Gasteiger partial charge in [-0.25, -0.2) is 4.98 Å². The van der Waals surface area contributed by atoms with Crippen molar-refractivity contribution in [1.29, 1.82) is 0 Å². The lowest BCUT2D eigenvalue weighted by Gasteiger charge is -2.12. The number of aromatic amines is 1. The molecule has 1 aliphatic carbocycles. The summed E-state index contributed by atoms with van der Waals surface area (Å²) in [6.45, 7) is 2.00. The van der Waals surface area contributed by atoms with E-state index in [2.05, 4.69) is 38.9 Å². The van der Waals surface area contributed by atoms with Crippen LogP contribution in [0.15, 0.2) is 36.8 Å². The molecule has 0 amide bonds. The van der Waals surface area contributed by atoms with Gasteiger partial charge in [0.15, 0.2) is 5.78 Å². The van der Waals surface area contributed by atoms with Crippen LogP contribution < -0.4 is 0 Å². The predicted octanol–water partition coefficient (Wildman–Crippen LogP) is 4.60. The number of aromatic nitrogens is 3. The highest BCUT2D eigenvalue weighted by molar-refractivity contribution is 6.08. The second-order valence-electron chi connectivity index (χ2n) is 6.80. The molecule has 1 saturated carbocycles. The molecule has 0 aliphatic heterocycles. The smallest absolute Gasteiger partial charge is 0.165 e. The van der Waals surface area contributed by atoms with Crippen molar-refractivity contribution in [3.8, 4) is 0 Å². The van der Waals surface area contributed by atoms with E-state index in [-0.39, 0.29) is 5.78 Å². The number of carbonyl (C=O) groups is 1. The van der Waals surface area contributed by atoms with Crippen molar-refractivity contribution < 1.29 is 4.79 Å². The van der Waals surface area contributed by atoms with Gasteiger partial charge in [0.2, 0.25) is 0 Å². The van der Waals surface area contributed by atoms with Crippen LogP contribution in [-0.4, -0.2) is 20.3 Å². The van der Waals surface area contributed by atoms with Gasteiger partial charge in [-0.1, -0.05) is 31.0 Å². The molecule has 0 radical (unpaired) electrons. The van der Waals surface area contributed by atoms with Gasteiger partial charge in [-0.15, -0.1) is 0 Å². The molecule has 4 rings (SSSR count). The molecule has 3 aromatic rings. The molecule has 1 aliphatic rings. The number of aryl methyl sites for hydroxylation is 2. The first-order valence-corrected chi connectivity index (χ1v) is 8.85. The normalized spacial score (nSPS) is 15.4. The Morgan fingerprint density at radius 2 is 2.08 bits per heavy atom. The van der Waals surface area contributed by atoms with Crippen LogP contribution in [0.2, 0.25) is 0 Å². The summed E-state index contributed by atoms with van der Waals surface area (Å²) in [7, 11) is 0. The average Bonchev–Trinajstić information content (AvgIpc) is 3.32. The average molecular weight is 321 g/mol. The third kappa shape index (κ3) is 2.66. The molecule has 4 nitrogen and oxygen atoms in total. The van der Waals surface area contributed by atoms with Crippen molar-refractivity contribution in [1.82, 2.24) is 14.5 Å². The van der Waals surface area contributed by atoms with E-state index >= 15 is 0 Å². The molecule has 24 heavy (non-hydrogen) atoms. The molecule has 124 valence electrons. The lowest BCUT2D eigenvalue weighted by molar-refractivity contribution is 0.0984. The first-order valence-electron chi connectivity index (χ1n) is 8.85. The fourth-order valence-corrected chi connectivity index (χ4v) is 3.92. The quantitative estimate of drug-likeness (QED) is 0.698. The van der Waals surface area contributed by atoms with Crippen LogP contribution >= 0.6 is 0 Å². The van der Waals surface area contributed by atoms with Gasteiger partial charge in [-0.3, -0.25) is 4.79 Å². The molecule has 0 spiro atoms. The summed E-state index contributed by atoms with van der Waals surface area (Å²) in [5.41, 5.74) is 4.11. The molecule has 1 N–H and O–H groups in total. The molecule has 1 aromatic carbocycles. The van der Waals surface area contributed by atoms with Crippen molar-refractivity contribution in [3.05, 3.63) is 53.7 Å². The Labute approximate surface area is 141 Å². The minimum absolute atomic E-state index is 0.213. The zero-order chi connectivity index (χ0) is 16.5. The zero-order valence-corrected chi connectivity index (χ0v) is 14.1. The number of carbonyl (C=O) groups excluding carboxylic acids is 1. The summed E-state index contributed by atoms with van der Waals surface area (Å²) in [6.07, 6.45) is 10.0. The minimum Gasteiger partial charge on any atom is -0.348 e. The summed E-state index contributed by atoms with van der Waals surface area (Å²) in [6, 6.07) is 8.85. The number of Topliss-reactive ketones (excluding diaryl/α,β-unsaturated/α-hetero) is 1. The second-order valence-corrected chi connectivity index (χ2v) is 6.80. The van der Waals surface area contributed by atoms with E-state index in [0.717, 1.165) is 22.3 Å². The number of benzene rings is 1. The maximum absolute atomic E-state index is 12.8. The summed E-state index contributed by atoms with van der Waals surface area (Å²) >= 11 is 0. The summed E-state index contributed by atoms with van der Waals surface area (Å²) in [5.74, 6) is 0.213. The Balaban J connectivity index is 1.63. The van der Waals surface area contributed by atoms with Crippen LogP contribution in [0.5, 0.6) is 0 Å². The van der Waals surface area contributed by atoms with E-state index < -0.39 is 0 Å². The van der Waals surface area contributed by atoms with Gasteiger partial charge in [0, 0.05) is 40.8 Å². The van der Waals surface area contributed by atoms with E-state index in [0.29, 0.717) is 18.9 Å². The molecule has 1 fully saturated rings. The molecule has 0 atom stereocenters. The minimum atomic E-state index is 0.213. The van der Waals surface area contributed by atoms with E-state index in [1.54, 1.807) is 6.33 Å². The summed E-state index contributed by atoms with van der Waals surface area (Å²) in [5, 5.41) is 1.09. The molecule has 2 aromatic heterocycles. The fourth-order valence-electron chi connectivity index (χ4n) is 3.92. The molecule has 0 unspecified atom stereocenters. The Bertz CT molecular complexity index is 868. The van der Waals surface area contributed by atoms with Crippen molar-refractivity contribution in [2.75, 3.05) is 0 Å². The third-order valence-corrected chi connectivity index (χ3v) is 5.28. The number of nitrogens with zero attached hydrogens (tertiary/aromatic N) is 2. The molecular formula is C20H23N3O. The van der Waals surface area contributed by atoms with Gasteiger partial charge in [0.1, 0.15) is 0 Å². The number of ketones is 1. The Hall–Kier alpha value is -2.36. The molecule has 2 heterocycles. The van der Waals surface area contributed by atoms with Crippen LogP contribution in [0.25, 0.3) is 10.9 Å². The number of fused-ring (bicyclic) bond motifs is 1. The first kappa shape index (κ1) is 15.2. The molecule has 0 bridgehead atoms. The fraction of sp³-hybridized carbons (Fsp3) is 0.400. The largest absolute Gasteiger partial charge is 0.348 e. The molecule has 4 heteroatoms. The van der Waals surface area contributed by atoms with Crippen LogP contribution in [0.3, 0.4) is 0 Å². The number of nitrogens with one attached hydrogen (secondary N) is 1. The summed E-state index contributed by atoms with van der Waals surface area (Å²) in [4.78, 5) is 20.2. The van der Waals surface area contributed by atoms with Crippen LogP contribution in [0, 0.1) is 6.92 Å². The standard InChI is InChI=1S/C20H23N3O/c1-14-18(22-13-21-14)10-11-20(24)17-12-23(15-6-2-3-7-15)19-9-5-4-8-16(17)19/h4-5,8-9,12-13,15H,2-3,6-7,10-11H2,1H3,(H,21,22). The highest BCUT2D eigenvalue weighted by Gasteiger charge is 2.22. The molecular weight excluding hydrogens is 298 g/mol. The third-order valence-electron chi connectivity index (χ3n) is 5.28. The Morgan fingerprint density at radius 1 is 1.29 bits per heavy atom. The van der Waals surface area contributed by atoms with Gasteiger partial charge in [-0.05, 0) is 32.3 Å². The van der Waals surface area contributed by atoms with Gasteiger partial charge in [-0.2, -0.15) is 0 Å². The maximum Gasteiger partial charge on any atom is 0.165 e. The number of hydrogen-bond donors (Lipinski definition) is 1. The monoisotopic (exact) mass is 321 g/mol. The van der Waals surface area contributed by atoms with Gasteiger partial charge in [0.25, 0.3) is 0 Å². The Morgan fingerprint density at radius 3 is 2.83 bits per heavy atom. The van der Waals surface area contributed by atoms with E-state index in [1.165, 1.54) is 31.2 Å². The van der Waals surface area contributed by atoms with Crippen molar-refractivity contribution in [3.63, 3.8) is 0 Å². The van der Waals surface area contributed by atoms with E-state index in [1.807, 2.05) is 13.0 Å². The highest BCUT2D eigenvalue weighted by Crippen LogP contribution is 2.34. The number of H-pyrrole nitrogens is 1. The number of rotatable bonds is 5. The second kappa shape index (κ2) is 6.27. The lowest BCUT2D eigenvalue weighted by atomic mass is 10.0.